The number of hydrogen-bond donors (Lipinski definition) is 2. The molecule has 0 atom stereocenters. The Morgan fingerprint density at radius 3 is 2.47 bits per heavy atom. The molecule has 0 spiro atoms. The van der Waals surface area contributed by atoms with E-state index in [2.05, 4.69) is 17.2 Å². The zero-order valence-electron chi connectivity index (χ0n) is 9.91. The highest BCUT2D eigenvalue weighted by Gasteiger charge is 2.11. The van der Waals surface area contributed by atoms with Crippen molar-refractivity contribution < 1.29 is 14.3 Å². The lowest BCUT2D eigenvalue weighted by atomic mass is 10.3. The molecule has 0 aromatic rings. The molecule has 6 nitrogen and oxygen atoms in total. The van der Waals surface area contributed by atoms with E-state index in [-0.39, 0.29) is 18.4 Å². The first kappa shape index (κ1) is 13.7. The Labute approximate surface area is 101 Å². The Balaban J connectivity index is 0.000000181. The first-order valence-electron chi connectivity index (χ1n) is 5.70. The highest BCUT2D eigenvalue weighted by atomic mass is 16.5. The smallest absolute Gasteiger partial charge is 0.246 e. The van der Waals surface area contributed by atoms with Gasteiger partial charge in [0.05, 0.1) is 6.61 Å². The largest absolute Gasteiger partial charge is 0.370 e. The van der Waals surface area contributed by atoms with Crippen molar-refractivity contribution in [2.24, 2.45) is 0 Å². The van der Waals surface area contributed by atoms with Crippen LogP contribution in [0.1, 0.15) is 0 Å². The third-order valence-corrected chi connectivity index (χ3v) is 2.41. The minimum atomic E-state index is -0.00810. The lowest BCUT2D eigenvalue weighted by Crippen LogP contribution is -2.45. The van der Waals surface area contributed by atoms with Gasteiger partial charge in [-0.25, -0.2) is 0 Å². The molecule has 0 aromatic carbocycles. The standard InChI is InChI=1S/C7H12N2O.C4H7NO2/c1-2-7(10)9-5-3-8-4-6-9;6-4-3-7-2-1-5-4/h2,8H,1,3-6H2;1-3H2,(H,5,6). The number of amides is 2. The molecule has 2 rings (SSSR count). The highest BCUT2D eigenvalue weighted by molar-refractivity contribution is 5.87. The van der Waals surface area contributed by atoms with E-state index in [1.165, 1.54) is 6.08 Å². The number of carbonyl (C=O) groups excluding carboxylic acids is 2. The Morgan fingerprint density at radius 2 is 2.06 bits per heavy atom. The van der Waals surface area contributed by atoms with E-state index in [0.29, 0.717) is 13.2 Å². The molecule has 0 aromatic heterocycles. The molecule has 2 heterocycles. The van der Waals surface area contributed by atoms with Crippen LogP contribution in [0.5, 0.6) is 0 Å². The Bertz CT molecular complexity index is 267. The van der Waals surface area contributed by atoms with E-state index < -0.39 is 0 Å². The lowest BCUT2D eigenvalue weighted by molar-refractivity contribution is -0.129. The second-order valence-electron chi connectivity index (χ2n) is 3.68. The summed E-state index contributed by atoms with van der Waals surface area (Å²) in [5, 5.41) is 5.78. The minimum absolute atomic E-state index is 0.00810. The lowest BCUT2D eigenvalue weighted by Gasteiger charge is -2.25. The first-order chi connectivity index (χ1) is 8.24. The average Bonchev–Trinajstić information content (AvgIpc) is 2.40. The average molecular weight is 241 g/mol. The van der Waals surface area contributed by atoms with Gasteiger partial charge in [-0.1, -0.05) is 6.58 Å². The predicted molar refractivity (Wildman–Crippen MR) is 63.5 cm³/mol. The van der Waals surface area contributed by atoms with Gasteiger partial charge in [-0.15, -0.1) is 0 Å². The van der Waals surface area contributed by atoms with Gasteiger partial charge >= 0.3 is 0 Å². The van der Waals surface area contributed by atoms with Crippen LogP contribution in [-0.4, -0.2) is 62.7 Å². The molecule has 0 unspecified atom stereocenters. The van der Waals surface area contributed by atoms with E-state index in [9.17, 15) is 9.59 Å². The van der Waals surface area contributed by atoms with Gasteiger partial charge in [-0.3, -0.25) is 9.59 Å². The van der Waals surface area contributed by atoms with Gasteiger partial charge in [0.25, 0.3) is 0 Å². The molecule has 2 fully saturated rings. The van der Waals surface area contributed by atoms with Crippen LogP contribution in [0.15, 0.2) is 12.7 Å². The Morgan fingerprint density at radius 1 is 1.35 bits per heavy atom. The summed E-state index contributed by atoms with van der Waals surface area (Å²) < 4.78 is 4.77. The van der Waals surface area contributed by atoms with Crippen molar-refractivity contribution in [2.75, 3.05) is 45.9 Å². The molecule has 0 bridgehead atoms. The van der Waals surface area contributed by atoms with Crippen molar-refractivity contribution >= 4 is 11.8 Å². The van der Waals surface area contributed by atoms with Crippen LogP contribution in [0, 0.1) is 0 Å². The number of rotatable bonds is 1. The quantitative estimate of drug-likeness (QED) is 0.562. The predicted octanol–water partition coefficient (Wildman–Crippen LogP) is -1.26. The summed E-state index contributed by atoms with van der Waals surface area (Å²) in [5.41, 5.74) is 0. The third-order valence-electron chi connectivity index (χ3n) is 2.41. The van der Waals surface area contributed by atoms with Gasteiger partial charge in [0, 0.05) is 32.7 Å². The van der Waals surface area contributed by atoms with E-state index in [1.807, 2.05) is 0 Å². The molecule has 6 heteroatoms. The van der Waals surface area contributed by atoms with Crippen LogP contribution in [-0.2, 0) is 14.3 Å². The van der Waals surface area contributed by atoms with Crippen LogP contribution >= 0.6 is 0 Å². The number of ether oxygens (including phenoxy) is 1. The molecule has 2 N–H and O–H groups in total. The van der Waals surface area contributed by atoms with Crippen molar-refractivity contribution in [1.29, 1.82) is 0 Å². The van der Waals surface area contributed by atoms with Gasteiger partial charge in [0.15, 0.2) is 0 Å². The van der Waals surface area contributed by atoms with E-state index in [0.717, 1.165) is 26.2 Å². The maximum Gasteiger partial charge on any atom is 0.246 e. The van der Waals surface area contributed by atoms with Crippen LogP contribution in [0.25, 0.3) is 0 Å². The maximum atomic E-state index is 10.9. The van der Waals surface area contributed by atoms with Gasteiger partial charge in [-0.05, 0) is 6.08 Å². The second kappa shape index (κ2) is 7.81. The summed E-state index contributed by atoms with van der Waals surface area (Å²) in [4.78, 5) is 23.0. The number of carbonyl (C=O) groups is 2. The number of nitrogens with one attached hydrogen (secondary N) is 2. The summed E-state index contributed by atoms with van der Waals surface area (Å²) in [6.07, 6.45) is 1.37. The number of morpholine rings is 1. The van der Waals surface area contributed by atoms with E-state index in [1.54, 1.807) is 4.90 Å². The molecule has 0 saturated carbocycles. The number of nitrogens with zero attached hydrogens (tertiary/aromatic N) is 1. The van der Waals surface area contributed by atoms with Gasteiger partial charge in [0.2, 0.25) is 11.8 Å². The van der Waals surface area contributed by atoms with Crippen molar-refractivity contribution in [3.63, 3.8) is 0 Å². The normalized spacial score (nSPS) is 19.8. The zero-order valence-corrected chi connectivity index (χ0v) is 9.91. The van der Waals surface area contributed by atoms with Crippen molar-refractivity contribution in [3.05, 3.63) is 12.7 Å². The molecular weight excluding hydrogens is 222 g/mol. The number of hydrogen-bond acceptors (Lipinski definition) is 4. The van der Waals surface area contributed by atoms with Gasteiger partial charge in [-0.2, -0.15) is 0 Å². The highest BCUT2D eigenvalue weighted by Crippen LogP contribution is 1.92. The summed E-state index contributed by atoms with van der Waals surface area (Å²) in [6, 6.07) is 0. The molecular formula is C11H19N3O3. The minimum Gasteiger partial charge on any atom is -0.370 e. The zero-order chi connectivity index (χ0) is 12.5. The molecule has 2 amide bonds. The van der Waals surface area contributed by atoms with E-state index in [4.69, 9.17) is 4.74 Å². The molecule has 2 aliphatic rings. The maximum absolute atomic E-state index is 10.9. The van der Waals surface area contributed by atoms with Crippen LogP contribution in [0.4, 0.5) is 0 Å². The van der Waals surface area contributed by atoms with Crippen molar-refractivity contribution in [2.45, 2.75) is 0 Å². The monoisotopic (exact) mass is 241 g/mol. The summed E-state index contributed by atoms with van der Waals surface area (Å²) in [6.45, 7) is 8.41. The van der Waals surface area contributed by atoms with Crippen LogP contribution < -0.4 is 10.6 Å². The van der Waals surface area contributed by atoms with Crippen LogP contribution in [0.2, 0.25) is 0 Å². The molecule has 17 heavy (non-hydrogen) atoms. The molecule has 0 radical (unpaired) electrons. The van der Waals surface area contributed by atoms with Gasteiger partial charge < -0.3 is 20.3 Å². The second-order valence-corrected chi connectivity index (χ2v) is 3.68. The van der Waals surface area contributed by atoms with Crippen LogP contribution in [0.3, 0.4) is 0 Å². The first-order valence-corrected chi connectivity index (χ1v) is 5.70. The molecule has 2 saturated heterocycles. The van der Waals surface area contributed by atoms with Gasteiger partial charge in [0.1, 0.15) is 6.61 Å². The fourth-order valence-electron chi connectivity index (χ4n) is 1.49. The Hall–Kier alpha value is -1.40. The number of piperazine rings is 1. The molecule has 2 aliphatic heterocycles. The Kier molecular flexibility index (Phi) is 6.27. The summed E-state index contributed by atoms with van der Waals surface area (Å²) >= 11 is 0. The van der Waals surface area contributed by atoms with Crippen molar-refractivity contribution in [1.82, 2.24) is 15.5 Å². The third kappa shape index (κ3) is 5.46. The van der Waals surface area contributed by atoms with E-state index >= 15 is 0 Å². The summed E-state index contributed by atoms with van der Waals surface area (Å²) in [7, 11) is 0. The van der Waals surface area contributed by atoms with Crippen molar-refractivity contribution in [3.8, 4) is 0 Å². The molecule has 96 valence electrons. The summed E-state index contributed by atoms with van der Waals surface area (Å²) in [5.74, 6) is 0.0350. The SMILES string of the molecule is C=CC(=O)N1CCNCC1.O=C1COCCN1. The fourth-order valence-corrected chi connectivity index (χ4v) is 1.49. The molecule has 0 aliphatic carbocycles. The topological polar surface area (TPSA) is 70.7 Å². The fraction of sp³-hybridized carbons (Fsp3) is 0.636.